The molecule has 5 heteroatoms. The summed E-state index contributed by atoms with van der Waals surface area (Å²) >= 11 is 18.6. The fourth-order valence-corrected chi connectivity index (χ4v) is 6.00. The first kappa shape index (κ1) is 14.8. The predicted octanol–water partition coefficient (Wildman–Crippen LogP) is 6.21. The molecule has 17 heavy (non-hydrogen) atoms. The van der Waals surface area contributed by atoms with Gasteiger partial charge in [-0.3, -0.25) is 0 Å². The van der Waals surface area contributed by atoms with Gasteiger partial charge in [0.25, 0.3) is 0 Å². The zero-order chi connectivity index (χ0) is 12.7. The molecule has 0 aromatic heterocycles. The molecule has 1 aromatic rings. The fraction of sp³-hybridized carbons (Fsp3) is 0.333. The van der Waals surface area contributed by atoms with E-state index in [9.17, 15) is 0 Å². The lowest BCUT2D eigenvalue weighted by Crippen LogP contribution is -2.41. The Morgan fingerprint density at radius 1 is 1.00 bits per heavy atom. The summed E-state index contributed by atoms with van der Waals surface area (Å²) in [5.74, 6) is 0. The van der Waals surface area contributed by atoms with Crippen molar-refractivity contribution in [1.29, 1.82) is 0 Å². The number of rotatable bonds is 1. The van der Waals surface area contributed by atoms with E-state index in [1.165, 1.54) is 11.1 Å². The van der Waals surface area contributed by atoms with Crippen LogP contribution >= 0.6 is 79.6 Å². The van der Waals surface area contributed by atoms with Gasteiger partial charge in [-0.2, -0.15) is 0 Å². The molecule has 0 amide bonds. The summed E-state index contributed by atoms with van der Waals surface area (Å²) in [7, 11) is 0. The zero-order valence-corrected chi connectivity index (χ0v) is 16.6. The molecule has 0 radical (unpaired) electrons. The maximum Gasteiger partial charge on any atom is 0.114 e. The van der Waals surface area contributed by atoms with Gasteiger partial charge in [0.15, 0.2) is 0 Å². The summed E-state index contributed by atoms with van der Waals surface area (Å²) in [6, 6.07) is 10.4. The largest absolute Gasteiger partial charge is 0.114 e. The Morgan fingerprint density at radius 3 is 2.12 bits per heavy atom. The van der Waals surface area contributed by atoms with Crippen molar-refractivity contribution in [3.05, 3.63) is 42.0 Å². The van der Waals surface area contributed by atoms with E-state index in [1.807, 2.05) is 6.07 Å². The molecule has 0 heterocycles. The van der Waals surface area contributed by atoms with Crippen LogP contribution in [0.3, 0.4) is 0 Å². The average Bonchev–Trinajstić information content (AvgIpc) is 2.26. The van der Waals surface area contributed by atoms with Gasteiger partial charge in [0.05, 0.1) is 8.06 Å². The Bertz CT molecular complexity index is 435. The van der Waals surface area contributed by atoms with E-state index in [4.69, 9.17) is 0 Å². The summed E-state index contributed by atoms with van der Waals surface area (Å²) in [6.07, 6.45) is 3.12. The second-order valence-corrected chi connectivity index (χ2v) is 12.5. The average molecular weight is 553 g/mol. The second kappa shape index (κ2) is 5.39. The molecule has 0 fully saturated rings. The van der Waals surface area contributed by atoms with Crippen LogP contribution in [0.2, 0.25) is 0 Å². The van der Waals surface area contributed by atoms with Crippen LogP contribution < -0.4 is 0 Å². The Kier molecular flexibility index (Phi) is 4.68. The molecule has 0 saturated heterocycles. The van der Waals surface area contributed by atoms with E-state index >= 15 is 0 Å². The lowest BCUT2D eigenvalue weighted by atomic mass is 9.93. The maximum atomic E-state index is 3.74. The lowest BCUT2D eigenvalue weighted by molar-refractivity contribution is 0.764. The van der Waals surface area contributed by atoms with Crippen molar-refractivity contribution in [3.8, 4) is 0 Å². The standard InChI is InChI=1S/C12H9Br5/c13-10-11(14,15)6-9(7-12(10,16)17)8-4-2-1-3-5-8/h1-6,10H,7H2. The Balaban J connectivity index is 2.44. The molecule has 1 aromatic carbocycles. The highest BCUT2D eigenvalue weighted by Gasteiger charge is 2.47. The van der Waals surface area contributed by atoms with Crippen molar-refractivity contribution in [2.24, 2.45) is 0 Å². The molecule has 0 aliphatic heterocycles. The topological polar surface area (TPSA) is 0 Å². The van der Waals surface area contributed by atoms with Crippen molar-refractivity contribution < 1.29 is 0 Å². The highest BCUT2D eigenvalue weighted by Crippen LogP contribution is 2.56. The number of hydrogen-bond donors (Lipinski definition) is 0. The molecule has 0 spiro atoms. The smallest absolute Gasteiger partial charge is 0.0838 e. The first-order valence-corrected chi connectivity index (χ1v) is 9.08. The van der Waals surface area contributed by atoms with Gasteiger partial charge < -0.3 is 0 Å². The van der Waals surface area contributed by atoms with Gasteiger partial charge in [-0.05, 0) is 17.6 Å². The Labute approximate surface area is 143 Å². The second-order valence-electron chi connectivity index (χ2n) is 4.01. The summed E-state index contributed by atoms with van der Waals surface area (Å²) in [5.41, 5.74) is 2.54. The molecule has 0 saturated carbocycles. The molecule has 92 valence electrons. The quantitative estimate of drug-likeness (QED) is 0.364. The van der Waals surface area contributed by atoms with Crippen LogP contribution in [0, 0.1) is 0 Å². The number of alkyl halides is 5. The third-order valence-corrected chi connectivity index (χ3v) is 9.46. The van der Waals surface area contributed by atoms with Crippen LogP contribution in [-0.4, -0.2) is 11.3 Å². The van der Waals surface area contributed by atoms with Gasteiger partial charge in [-0.15, -0.1) is 0 Å². The van der Waals surface area contributed by atoms with Crippen molar-refractivity contribution in [2.45, 2.75) is 17.7 Å². The summed E-state index contributed by atoms with van der Waals surface area (Å²) < 4.78 is -0.441. The van der Waals surface area contributed by atoms with Gasteiger partial charge in [0.1, 0.15) is 3.23 Å². The maximum absolute atomic E-state index is 3.74. The van der Waals surface area contributed by atoms with Crippen molar-refractivity contribution in [2.75, 3.05) is 0 Å². The highest BCUT2D eigenvalue weighted by molar-refractivity contribution is 9.28. The number of allylic oxidation sites excluding steroid dienone is 2. The van der Waals surface area contributed by atoms with Gasteiger partial charge in [-0.25, -0.2) is 0 Å². The summed E-state index contributed by atoms with van der Waals surface area (Å²) in [6.45, 7) is 0. The number of halogens is 5. The van der Waals surface area contributed by atoms with E-state index in [2.05, 4.69) is 110 Å². The monoisotopic (exact) mass is 548 g/mol. The molecule has 1 atom stereocenters. The van der Waals surface area contributed by atoms with Crippen LogP contribution in [0.1, 0.15) is 12.0 Å². The van der Waals surface area contributed by atoms with Crippen molar-refractivity contribution in [3.63, 3.8) is 0 Å². The first-order valence-electron chi connectivity index (χ1n) is 5.00. The molecule has 1 aliphatic carbocycles. The normalized spacial score (nSPS) is 26.4. The third-order valence-electron chi connectivity index (χ3n) is 2.65. The molecule has 2 rings (SSSR count). The minimum Gasteiger partial charge on any atom is -0.0838 e. The van der Waals surface area contributed by atoms with E-state index < -0.39 is 0 Å². The fourth-order valence-electron chi connectivity index (χ4n) is 1.82. The van der Waals surface area contributed by atoms with Crippen molar-refractivity contribution >= 4 is 85.2 Å². The SMILES string of the molecule is BrC1C(Br)(Br)C=C(c2ccccc2)CC1(Br)Br. The highest BCUT2D eigenvalue weighted by atomic mass is 79.9. The lowest BCUT2D eigenvalue weighted by Gasteiger charge is -2.39. The summed E-state index contributed by atoms with van der Waals surface area (Å²) in [4.78, 5) is 0.190. The Morgan fingerprint density at radius 2 is 1.59 bits per heavy atom. The number of hydrogen-bond acceptors (Lipinski definition) is 0. The van der Waals surface area contributed by atoms with Gasteiger partial charge in [-0.1, -0.05) is 116 Å². The van der Waals surface area contributed by atoms with E-state index in [0.717, 1.165) is 6.42 Å². The van der Waals surface area contributed by atoms with Crippen LogP contribution in [-0.2, 0) is 0 Å². The minimum atomic E-state index is -0.267. The zero-order valence-electron chi connectivity index (χ0n) is 8.64. The van der Waals surface area contributed by atoms with E-state index in [1.54, 1.807) is 0 Å². The summed E-state index contributed by atoms with van der Waals surface area (Å²) in [5, 5.41) is 0. The molecule has 1 unspecified atom stereocenters. The van der Waals surface area contributed by atoms with Gasteiger partial charge in [0.2, 0.25) is 0 Å². The molecule has 0 N–H and O–H groups in total. The van der Waals surface area contributed by atoms with Crippen LogP contribution in [0.15, 0.2) is 36.4 Å². The van der Waals surface area contributed by atoms with Gasteiger partial charge >= 0.3 is 0 Å². The molecule has 1 aliphatic rings. The Hall–Kier alpha value is 1.36. The molecule has 0 bridgehead atoms. The predicted molar refractivity (Wildman–Crippen MR) is 92.9 cm³/mol. The molecule has 0 nitrogen and oxygen atoms in total. The molecular formula is C12H9Br5. The molecular weight excluding hydrogens is 544 g/mol. The van der Waals surface area contributed by atoms with E-state index in [-0.39, 0.29) is 11.3 Å². The minimum absolute atomic E-state index is 0.174. The van der Waals surface area contributed by atoms with E-state index in [0.29, 0.717) is 0 Å². The first-order chi connectivity index (χ1) is 7.83. The van der Waals surface area contributed by atoms with Crippen LogP contribution in [0.25, 0.3) is 5.57 Å². The van der Waals surface area contributed by atoms with Crippen LogP contribution in [0.5, 0.6) is 0 Å². The van der Waals surface area contributed by atoms with Crippen LogP contribution in [0.4, 0.5) is 0 Å². The third kappa shape index (κ3) is 3.28. The number of benzene rings is 1. The van der Waals surface area contributed by atoms with Gasteiger partial charge in [0, 0.05) is 0 Å². The van der Waals surface area contributed by atoms with Crippen molar-refractivity contribution in [1.82, 2.24) is 0 Å².